The lowest BCUT2D eigenvalue weighted by molar-refractivity contribution is 0.0150. The van der Waals surface area contributed by atoms with Crippen molar-refractivity contribution in [3.63, 3.8) is 0 Å². The first-order valence-corrected chi connectivity index (χ1v) is 5.33. The van der Waals surface area contributed by atoms with Gasteiger partial charge in [0.05, 0.1) is 0 Å². The molecule has 0 aromatic rings. The van der Waals surface area contributed by atoms with Crippen LogP contribution in [0, 0.1) is 0 Å². The Bertz CT molecular complexity index is 132. The van der Waals surface area contributed by atoms with Gasteiger partial charge in [0.2, 0.25) is 0 Å². The highest BCUT2D eigenvalue weighted by Crippen LogP contribution is 2.05. The number of ether oxygens (including phenoxy) is 1. The topological polar surface area (TPSA) is 72.5 Å². The monoisotopic (exact) mass is 209 g/mol. The second-order valence-corrected chi connectivity index (χ2v) is 4.25. The van der Waals surface area contributed by atoms with E-state index in [1.54, 1.807) is 32.5 Å². The van der Waals surface area contributed by atoms with Crippen molar-refractivity contribution in [2.75, 3.05) is 18.6 Å². The van der Waals surface area contributed by atoms with E-state index in [1.165, 1.54) is 0 Å². The van der Waals surface area contributed by atoms with Crippen LogP contribution in [0.2, 0.25) is 0 Å². The molecule has 0 aromatic carbocycles. The molecule has 0 radical (unpaired) electrons. The van der Waals surface area contributed by atoms with E-state index in [4.69, 9.17) is 10.8 Å². The Labute approximate surface area is 83.8 Å². The number of carbonyl (C=O) groups is 1. The summed E-state index contributed by atoms with van der Waals surface area (Å²) in [6.07, 6.45) is 0.824. The lowest BCUT2D eigenvalue weighted by Crippen LogP contribution is -2.22. The second-order valence-electron chi connectivity index (χ2n) is 3.26. The Morgan fingerprint density at radius 1 is 1.54 bits per heavy atom. The van der Waals surface area contributed by atoms with Gasteiger partial charge >= 0.3 is 6.16 Å². The zero-order chi connectivity index (χ0) is 10.9. The van der Waals surface area contributed by atoms with Crippen LogP contribution in [0.5, 0.6) is 0 Å². The standard InChI is InChI=1S/C5H10O3.C3H9NS/c1-5(2,3)8-4(6)7;1-5-3-2-4/h1-3H3,(H,6,7);2-4H2,1H3. The summed E-state index contributed by atoms with van der Waals surface area (Å²) in [6.45, 7) is 5.85. The lowest BCUT2D eigenvalue weighted by atomic mass is 10.2. The number of rotatable bonds is 2. The molecule has 13 heavy (non-hydrogen) atoms. The normalized spacial score (nSPS) is 9.92. The molecule has 0 fully saturated rings. The molecule has 0 aromatic heterocycles. The molecule has 4 nitrogen and oxygen atoms in total. The molecule has 0 bridgehead atoms. The van der Waals surface area contributed by atoms with Gasteiger partial charge in [0.15, 0.2) is 0 Å². The first-order valence-electron chi connectivity index (χ1n) is 3.94. The molecule has 0 spiro atoms. The first-order chi connectivity index (χ1) is 5.83. The van der Waals surface area contributed by atoms with Crippen LogP contribution in [0.1, 0.15) is 20.8 Å². The Morgan fingerprint density at radius 2 is 2.00 bits per heavy atom. The largest absolute Gasteiger partial charge is 0.506 e. The van der Waals surface area contributed by atoms with Crippen LogP contribution in [0.3, 0.4) is 0 Å². The number of hydrogen-bond donors (Lipinski definition) is 2. The zero-order valence-electron chi connectivity index (χ0n) is 8.66. The third-order valence-corrected chi connectivity index (χ3v) is 1.36. The van der Waals surface area contributed by atoms with E-state index in [0.29, 0.717) is 0 Å². The zero-order valence-corrected chi connectivity index (χ0v) is 9.48. The average molecular weight is 209 g/mol. The summed E-state index contributed by atoms with van der Waals surface area (Å²) in [7, 11) is 0. The average Bonchev–Trinajstić information content (AvgIpc) is 1.84. The molecule has 0 aliphatic rings. The highest BCUT2D eigenvalue weighted by atomic mass is 32.2. The summed E-state index contributed by atoms with van der Waals surface area (Å²) in [5.74, 6) is 1.08. The van der Waals surface area contributed by atoms with E-state index in [-0.39, 0.29) is 0 Å². The molecule has 5 heteroatoms. The fourth-order valence-electron chi connectivity index (χ4n) is 0.380. The SMILES string of the molecule is CC(C)(C)OC(=O)O.CSCCN. The van der Waals surface area contributed by atoms with Gasteiger partial charge in [-0.05, 0) is 27.0 Å². The molecule has 0 aliphatic heterocycles. The lowest BCUT2D eigenvalue weighted by Gasteiger charge is -2.15. The fourth-order valence-corrected chi connectivity index (χ4v) is 0.615. The van der Waals surface area contributed by atoms with Crippen LogP contribution < -0.4 is 5.73 Å². The maximum atomic E-state index is 9.79. The highest BCUT2D eigenvalue weighted by molar-refractivity contribution is 7.98. The van der Waals surface area contributed by atoms with E-state index < -0.39 is 11.8 Å². The third-order valence-electron chi connectivity index (χ3n) is 0.715. The van der Waals surface area contributed by atoms with Gasteiger partial charge in [-0.25, -0.2) is 4.79 Å². The summed E-state index contributed by atoms with van der Waals surface area (Å²) in [5.41, 5.74) is 4.54. The van der Waals surface area contributed by atoms with E-state index in [9.17, 15) is 4.79 Å². The van der Waals surface area contributed by atoms with Gasteiger partial charge in [0.1, 0.15) is 5.60 Å². The van der Waals surface area contributed by atoms with E-state index in [1.807, 2.05) is 6.26 Å². The van der Waals surface area contributed by atoms with Crippen LogP contribution in [0.4, 0.5) is 4.79 Å². The molecule has 0 aliphatic carbocycles. The molecule has 0 saturated carbocycles. The maximum Gasteiger partial charge on any atom is 0.506 e. The summed E-state index contributed by atoms with van der Waals surface area (Å²) in [4.78, 5) is 9.79. The Kier molecular flexibility index (Phi) is 9.50. The van der Waals surface area contributed by atoms with Gasteiger partial charge in [-0.2, -0.15) is 11.8 Å². The Morgan fingerprint density at radius 3 is 2.00 bits per heavy atom. The molecule has 80 valence electrons. The molecular formula is C8H19NO3S. The molecule has 0 rings (SSSR count). The molecule has 3 N–H and O–H groups in total. The van der Waals surface area contributed by atoms with Crippen molar-refractivity contribution >= 4 is 17.9 Å². The van der Waals surface area contributed by atoms with Crippen LogP contribution in [-0.2, 0) is 4.74 Å². The number of carboxylic acid groups (broad SMARTS) is 1. The molecule has 0 heterocycles. The summed E-state index contributed by atoms with van der Waals surface area (Å²) >= 11 is 1.78. The van der Waals surface area contributed by atoms with Gasteiger partial charge in [0, 0.05) is 12.3 Å². The van der Waals surface area contributed by atoms with Gasteiger partial charge in [0.25, 0.3) is 0 Å². The smallest absolute Gasteiger partial charge is 0.450 e. The van der Waals surface area contributed by atoms with Gasteiger partial charge in [-0.3, -0.25) is 0 Å². The minimum atomic E-state index is -1.22. The predicted molar refractivity (Wildman–Crippen MR) is 56.3 cm³/mol. The van der Waals surface area contributed by atoms with Crippen LogP contribution in [0.25, 0.3) is 0 Å². The van der Waals surface area contributed by atoms with E-state index >= 15 is 0 Å². The molecule has 0 saturated heterocycles. The molecule has 0 amide bonds. The second kappa shape index (κ2) is 8.19. The van der Waals surface area contributed by atoms with Crippen molar-refractivity contribution in [1.82, 2.24) is 0 Å². The van der Waals surface area contributed by atoms with Crippen molar-refractivity contribution < 1.29 is 14.6 Å². The number of thioether (sulfide) groups is 1. The number of nitrogens with two attached hydrogens (primary N) is 1. The fraction of sp³-hybridized carbons (Fsp3) is 0.875. The van der Waals surface area contributed by atoms with Crippen LogP contribution in [0.15, 0.2) is 0 Å². The first kappa shape index (κ1) is 15.1. The van der Waals surface area contributed by atoms with Gasteiger partial charge < -0.3 is 15.6 Å². The summed E-state index contributed by atoms with van der Waals surface area (Å²) in [6, 6.07) is 0. The number of hydrogen-bond acceptors (Lipinski definition) is 4. The third kappa shape index (κ3) is 24.5. The maximum absolute atomic E-state index is 9.79. The summed E-state index contributed by atoms with van der Waals surface area (Å²) < 4.78 is 4.35. The van der Waals surface area contributed by atoms with Gasteiger partial charge in [-0.15, -0.1) is 0 Å². The van der Waals surface area contributed by atoms with Crippen molar-refractivity contribution in [2.45, 2.75) is 26.4 Å². The Balaban J connectivity index is 0. The van der Waals surface area contributed by atoms with Gasteiger partial charge in [-0.1, -0.05) is 0 Å². The molecule has 0 unspecified atom stereocenters. The molecule has 0 atom stereocenters. The Hall–Kier alpha value is -0.420. The van der Waals surface area contributed by atoms with Crippen LogP contribution >= 0.6 is 11.8 Å². The van der Waals surface area contributed by atoms with Crippen LogP contribution in [-0.4, -0.2) is 35.4 Å². The van der Waals surface area contributed by atoms with Crippen molar-refractivity contribution in [1.29, 1.82) is 0 Å². The van der Waals surface area contributed by atoms with E-state index in [2.05, 4.69) is 4.74 Å². The predicted octanol–water partition coefficient (Wildman–Crippen LogP) is 1.79. The minimum Gasteiger partial charge on any atom is -0.450 e. The quantitative estimate of drug-likeness (QED) is 0.678. The minimum absolute atomic E-state index is 0.578. The van der Waals surface area contributed by atoms with E-state index in [0.717, 1.165) is 12.3 Å². The van der Waals surface area contributed by atoms with Crippen molar-refractivity contribution in [3.8, 4) is 0 Å². The molecular weight excluding hydrogens is 190 g/mol. The summed E-state index contributed by atoms with van der Waals surface area (Å²) in [5, 5.41) is 8.03. The highest BCUT2D eigenvalue weighted by Gasteiger charge is 2.13. The van der Waals surface area contributed by atoms with Crippen molar-refractivity contribution in [3.05, 3.63) is 0 Å². The van der Waals surface area contributed by atoms with Crippen molar-refractivity contribution in [2.24, 2.45) is 5.73 Å².